The van der Waals surface area contributed by atoms with E-state index in [1.54, 1.807) is 18.5 Å². The fourth-order valence-corrected chi connectivity index (χ4v) is 1.58. The summed E-state index contributed by atoms with van der Waals surface area (Å²) in [7, 11) is 0. The van der Waals surface area contributed by atoms with Gasteiger partial charge < -0.3 is 10.6 Å². The second-order valence-corrected chi connectivity index (χ2v) is 5.28. The van der Waals surface area contributed by atoms with E-state index in [0.29, 0.717) is 23.9 Å². The molecular formula is C15H25N3O. The Kier molecular flexibility index (Phi) is 6.33. The van der Waals surface area contributed by atoms with Gasteiger partial charge in [-0.2, -0.15) is 0 Å². The first-order valence-electron chi connectivity index (χ1n) is 7.02. The predicted molar refractivity (Wildman–Crippen MR) is 79.4 cm³/mol. The van der Waals surface area contributed by atoms with Crippen molar-refractivity contribution in [1.82, 2.24) is 10.3 Å². The van der Waals surface area contributed by atoms with E-state index >= 15 is 0 Å². The summed E-state index contributed by atoms with van der Waals surface area (Å²) in [6, 6.07) is 1.76. The average molecular weight is 263 g/mol. The van der Waals surface area contributed by atoms with Crippen molar-refractivity contribution in [2.45, 2.75) is 34.1 Å². The van der Waals surface area contributed by atoms with Crippen molar-refractivity contribution in [2.75, 3.05) is 18.4 Å². The molecule has 1 rings (SSSR count). The number of rotatable bonds is 7. The molecule has 0 aliphatic heterocycles. The maximum absolute atomic E-state index is 12.2. The van der Waals surface area contributed by atoms with Gasteiger partial charge in [0.2, 0.25) is 0 Å². The van der Waals surface area contributed by atoms with Crippen molar-refractivity contribution in [3.8, 4) is 0 Å². The molecule has 0 fully saturated rings. The van der Waals surface area contributed by atoms with Crippen LogP contribution in [0.15, 0.2) is 18.5 Å². The third-order valence-corrected chi connectivity index (χ3v) is 3.35. The number of aromatic nitrogens is 1. The van der Waals surface area contributed by atoms with Crippen LogP contribution in [-0.4, -0.2) is 24.0 Å². The molecule has 2 N–H and O–H groups in total. The summed E-state index contributed by atoms with van der Waals surface area (Å²) in [5.41, 5.74) is 1.47. The summed E-state index contributed by atoms with van der Waals surface area (Å²) >= 11 is 0. The van der Waals surface area contributed by atoms with Gasteiger partial charge in [0.15, 0.2) is 0 Å². The highest BCUT2D eigenvalue weighted by Gasteiger charge is 2.13. The van der Waals surface area contributed by atoms with Gasteiger partial charge in [-0.3, -0.25) is 9.78 Å². The molecule has 0 aliphatic carbocycles. The van der Waals surface area contributed by atoms with Crippen molar-refractivity contribution in [3.05, 3.63) is 24.0 Å². The number of hydrogen-bond acceptors (Lipinski definition) is 3. The molecule has 4 heteroatoms. The van der Waals surface area contributed by atoms with E-state index < -0.39 is 0 Å². The summed E-state index contributed by atoms with van der Waals surface area (Å²) in [5, 5.41) is 6.22. The average Bonchev–Trinajstić information content (AvgIpc) is 2.42. The van der Waals surface area contributed by atoms with E-state index in [9.17, 15) is 4.79 Å². The molecule has 1 aromatic rings. The first kappa shape index (κ1) is 15.5. The van der Waals surface area contributed by atoms with Crippen LogP contribution >= 0.6 is 0 Å². The monoisotopic (exact) mass is 263 g/mol. The minimum Gasteiger partial charge on any atom is -0.383 e. The molecule has 1 atom stereocenters. The van der Waals surface area contributed by atoms with Crippen molar-refractivity contribution < 1.29 is 4.79 Å². The smallest absolute Gasteiger partial charge is 0.253 e. The third kappa shape index (κ3) is 4.89. The lowest BCUT2D eigenvalue weighted by Crippen LogP contribution is -2.30. The molecule has 4 nitrogen and oxygen atoms in total. The van der Waals surface area contributed by atoms with Crippen LogP contribution in [0.1, 0.15) is 44.5 Å². The van der Waals surface area contributed by atoms with E-state index in [2.05, 4.69) is 43.3 Å². The number of pyridine rings is 1. The molecule has 1 amide bonds. The van der Waals surface area contributed by atoms with E-state index in [-0.39, 0.29) is 5.91 Å². The molecule has 19 heavy (non-hydrogen) atoms. The lowest BCUT2D eigenvalue weighted by atomic mass is 9.98. The molecule has 0 bridgehead atoms. The van der Waals surface area contributed by atoms with Crippen LogP contribution in [0.25, 0.3) is 0 Å². The van der Waals surface area contributed by atoms with Gasteiger partial charge in [-0.15, -0.1) is 0 Å². The van der Waals surface area contributed by atoms with E-state index in [1.807, 2.05) is 0 Å². The van der Waals surface area contributed by atoms with Crippen LogP contribution in [0, 0.1) is 11.8 Å². The Bertz CT molecular complexity index is 404. The molecule has 1 heterocycles. The highest BCUT2D eigenvalue weighted by atomic mass is 16.1. The first-order chi connectivity index (χ1) is 9.06. The van der Waals surface area contributed by atoms with Gasteiger partial charge in [-0.25, -0.2) is 0 Å². The fourth-order valence-electron chi connectivity index (χ4n) is 1.58. The second-order valence-electron chi connectivity index (χ2n) is 5.28. The number of nitrogens with zero attached hydrogens (tertiary/aromatic N) is 1. The zero-order valence-electron chi connectivity index (χ0n) is 12.4. The molecule has 0 radical (unpaired) electrons. The Balaban J connectivity index is 2.65. The molecule has 0 aromatic carbocycles. The Hall–Kier alpha value is -1.58. The number of amides is 1. The molecule has 0 saturated heterocycles. The van der Waals surface area contributed by atoms with Gasteiger partial charge in [0.25, 0.3) is 5.91 Å². The van der Waals surface area contributed by atoms with Crippen molar-refractivity contribution in [3.63, 3.8) is 0 Å². The minimum atomic E-state index is -0.0338. The summed E-state index contributed by atoms with van der Waals surface area (Å²) in [6.07, 6.45) is 4.37. The van der Waals surface area contributed by atoms with Gasteiger partial charge >= 0.3 is 0 Å². The Labute approximate surface area is 116 Å². The maximum atomic E-state index is 12.2. The summed E-state index contributed by atoms with van der Waals surface area (Å²) in [5.74, 6) is 1.00. The Morgan fingerprint density at radius 1 is 1.37 bits per heavy atom. The quantitative estimate of drug-likeness (QED) is 0.795. The Morgan fingerprint density at radius 2 is 2.11 bits per heavy atom. The lowest BCUT2D eigenvalue weighted by molar-refractivity contribution is 0.0945. The van der Waals surface area contributed by atoms with Crippen LogP contribution in [-0.2, 0) is 0 Å². The van der Waals surface area contributed by atoms with Gasteiger partial charge in [0, 0.05) is 19.3 Å². The van der Waals surface area contributed by atoms with Crippen LogP contribution < -0.4 is 10.6 Å². The molecule has 106 valence electrons. The fraction of sp³-hybridized carbons (Fsp3) is 0.600. The molecular weight excluding hydrogens is 238 g/mol. The standard InChI is InChI=1S/C15H25N3O/c1-5-7-17-14-10-16-8-6-13(14)15(19)18-9-12(4)11(2)3/h6,8,10-12,17H,5,7,9H2,1-4H3,(H,18,19). The first-order valence-corrected chi connectivity index (χ1v) is 7.02. The number of carbonyl (C=O) groups is 1. The topological polar surface area (TPSA) is 54.0 Å². The van der Waals surface area contributed by atoms with Crippen molar-refractivity contribution in [2.24, 2.45) is 11.8 Å². The second kappa shape index (κ2) is 7.77. The van der Waals surface area contributed by atoms with E-state index in [0.717, 1.165) is 18.7 Å². The summed E-state index contributed by atoms with van der Waals surface area (Å²) in [6.45, 7) is 10.1. The van der Waals surface area contributed by atoms with E-state index in [1.165, 1.54) is 0 Å². The highest BCUT2D eigenvalue weighted by molar-refractivity contribution is 5.99. The largest absolute Gasteiger partial charge is 0.383 e. The third-order valence-electron chi connectivity index (χ3n) is 3.35. The van der Waals surface area contributed by atoms with Gasteiger partial charge in [0.1, 0.15) is 0 Å². The van der Waals surface area contributed by atoms with Gasteiger partial charge in [-0.1, -0.05) is 27.7 Å². The maximum Gasteiger partial charge on any atom is 0.253 e. The molecule has 1 unspecified atom stereocenters. The minimum absolute atomic E-state index is 0.0338. The van der Waals surface area contributed by atoms with Crippen LogP contribution in [0.3, 0.4) is 0 Å². The molecule has 0 saturated carbocycles. The zero-order valence-corrected chi connectivity index (χ0v) is 12.4. The normalized spacial score (nSPS) is 12.3. The van der Waals surface area contributed by atoms with Gasteiger partial charge in [0.05, 0.1) is 17.4 Å². The SMILES string of the molecule is CCCNc1cnccc1C(=O)NCC(C)C(C)C. The molecule has 1 aromatic heterocycles. The van der Waals surface area contributed by atoms with Crippen LogP contribution in [0.5, 0.6) is 0 Å². The number of hydrogen-bond donors (Lipinski definition) is 2. The summed E-state index contributed by atoms with van der Waals surface area (Å²) in [4.78, 5) is 16.2. The van der Waals surface area contributed by atoms with Crippen molar-refractivity contribution in [1.29, 1.82) is 0 Å². The predicted octanol–water partition coefficient (Wildman–Crippen LogP) is 2.93. The summed E-state index contributed by atoms with van der Waals surface area (Å²) < 4.78 is 0. The van der Waals surface area contributed by atoms with Crippen LogP contribution in [0.2, 0.25) is 0 Å². The molecule has 0 spiro atoms. The zero-order chi connectivity index (χ0) is 14.3. The Morgan fingerprint density at radius 3 is 2.74 bits per heavy atom. The van der Waals surface area contributed by atoms with Crippen LogP contribution in [0.4, 0.5) is 5.69 Å². The lowest BCUT2D eigenvalue weighted by Gasteiger charge is -2.17. The van der Waals surface area contributed by atoms with E-state index in [4.69, 9.17) is 0 Å². The van der Waals surface area contributed by atoms with Gasteiger partial charge in [-0.05, 0) is 24.3 Å². The number of anilines is 1. The number of nitrogens with one attached hydrogen (secondary N) is 2. The number of carbonyl (C=O) groups excluding carboxylic acids is 1. The molecule has 0 aliphatic rings. The van der Waals surface area contributed by atoms with Crippen molar-refractivity contribution >= 4 is 11.6 Å². The highest BCUT2D eigenvalue weighted by Crippen LogP contribution is 2.14.